The third kappa shape index (κ3) is 11.9. The lowest BCUT2D eigenvalue weighted by atomic mass is 10.4. The SMILES string of the molecule is C=C[Si](C)(O[Si](C)(O[Si](C)(C=C)c1ccccc1)c1ccccc1)c1ccccc1.C[SiH](C)O[SiH](C)O[Si](C)(O[SiH](C)C)c1ccccc1. The van der Waals surface area contributed by atoms with Gasteiger partial charge in [-0.15, -0.1) is 13.2 Å². The van der Waals surface area contributed by atoms with E-state index in [9.17, 15) is 0 Å². The summed E-state index contributed by atoms with van der Waals surface area (Å²) in [5.41, 5.74) is 4.02. The van der Waals surface area contributed by atoms with Gasteiger partial charge in [0.2, 0.25) is 16.6 Å². The van der Waals surface area contributed by atoms with Crippen molar-refractivity contribution in [3.63, 3.8) is 0 Å². The Morgan fingerprint density at radius 3 is 1.08 bits per heavy atom. The maximum Gasteiger partial charge on any atom is 0.349 e. The lowest BCUT2D eigenvalue weighted by Gasteiger charge is -2.41. The van der Waals surface area contributed by atoms with E-state index in [0.29, 0.717) is 0 Å². The summed E-state index contributed by atoms with van der Waals surface area (Å²) >= 11 is 0. The Kier molecular flexibility index (Phi) is 15.8. The average molecular weight is 777 g/mol. The summed E-state index contributed by atoms with van der Waals surface area (Å²) in [6.45, 7) is 27.9. The smallest absolute Gasteiger partial charge is 0.349 e. The lowest BCUT2D eigenvalue weighted by molar-refractivity contribution is 0.368. The number of benzene rings is 4. The van der Waals surface area contributed by atoms with Gasteiger partial charge >= 0.3 is 17.1 Å². The van der Waals surface area contributed by atoms with E-state index in [1.165, 1.54) is 15.6 Å². The Morgan fingerprint density at radius 1 is 0.449 bits per heavy atom. The zero-order chi connectivity index (χ0) is 36.1. The van der Waals surface area contributed by atoms with Gasteiger partial charge in [0.15, 0.2) is 18.1 Å². The van der Waals surface area contributed by atoms with Gasteiger partial charge in [-0.3, -0.25) is 0 Å². The zero-order valence-corrected chi connectivity index (χ0v) is 38.4. The first-order chi connectivity index (χ1) is 23.2. The highest BCUT2D eigenvalue weighted by molar-refractivity contribution is 7.03. The van der Waals surface area contributed by atoms with Gasteiger partial charge in [0.1, 0.15) is 0 Å². The summed E-state index contributed by atoms with van der Waals surface area (Å²) in [5.74, 6) is 0. The van der Waals surface area contributed by atoms with Gasteiger partial charge in [-0.25, -0.2) is 0 Å². The van der Waals surface area contributed by atoms with E-state index in [-0.39, 0.29) is 0 Å². The van der Waals surface area contributed by atoms with Gasteiger partial charge in [-0.2, -0.15) is 0 Å². The van der Waals surface area contributed by atoms with Gasteiger partial charge in [0.05, 0.1) is 0 Å². The van der Waals surface area contributed by atoms with Crippen LogP contribution in [0.3, 0.4) is 0 Å². The number of hydrogen-bond acceptors (Lipinski definition) is 5. The van der Waals surface area contributed by atoms with Crippen LogP contribution < -0.4 is 20.7 Å². The van der Waals surface area contributed by atoms with Crippen LogP contribution in [0.5, 0.6) is 0 Å². The monoisotopic (exact) mass is 776 g/mol. The van der Waals surface area contributed by atoms with E-state index in [1.54, 1.807) is 0 Å². The highest BCUT2D eigenvalue weighted by Gasteiger charge is 2.47. The molecule has 4 rings (SSSR count). The van der Waals surface area contributed by atoms with Gasteiger partial charge < -0.3 is 20.6 Å². The molecule has 0 aliphatic carbocycles. The number of rotatable bonds is 16. The fraction of sp³-hybridized carbons (Fsp3) is 0.243. The molecule has 4 atom stereocenters. The first kappa shape index (κ1) is 41.1. The molecule has 12 heteroatoms. The van der Waals surface area contributed by atoms with E-state index in [2.05, 4.69) is 169 Å². The first-order valence-corrected chi connectivity index (χ1v) is 34.4. The van der Waals surface area contributed by atoms with Crippen LogP contribution in [0.25, 0.3) is 0 Å². The van der Waals surface area contributed by atoms with Crippen LogP contribution in [-0.4, -0.2) is 61.1 Å². The summed E-state index contributed by atoms with van der Waals surface area (Å²) in [5, 5.41) is 4.72. The second-order valence-corrected chi connectivity index (χ2v) is 34.5. The Bertz CT molecular complexity index is 1510. The third-order valence-corrected chi connectivity index (χ3v) is 32.5. The van der Waals surface area contributed by atoms with Crippen molar-refractivity contribution in [2.75, 3.05) is 0 Å². The fourth-order valence-electron chi connectivity index (χ4n) is 5.75. The van der Waals surface area contributed by atoms with Gasteiger partial charge in [-0.05, 0) is 79.7 Å². The van der Waals surface area contributed by atoms with Crippen LogP contribution in [0.1, 0.15) is 0 Å². The molecule has 0 saturated carbocycles. The van der Waals surface area contributed by atoms with E-state index in [1.807, 2.05) is 35.7 Å². The maximum absolute atomic E-state index is 7.09. The van der Waals surface area contributed by atoms with E-state index < -0.39 is 61.1 Å². The molecular formula is C37H56O5Si7. The Hall–Kier alpha value is -2.32. The maximum atomic E-state index is 7.09. The molecule has 0 amide bonds. The molecule has 0 bridgehead atoms. The van der Waals surface area contributed by atoms with Gasteiger partial charge in [0.25, 0.3) is 9.28 Å². The summed E-state index contributed by atoms with van der Waals surface area (Å²) < 4.78 is 32.8. The Balaban J connectivity index is 0.000000295. The average Bonchev–Trinajstić information content (AvgIpc) is 3.09. The van der Waals surface area contributed by atoms with E-state index >= 15 is 0 Å². The molecule has 0 spiro atoms. The minimum absolute atomic E-state index is 1.03. The largest absolute Gasteiger partial charge is 0.442 e. The minimum Gasteiger partial charge on any atom is -0.442 e. The van der Waals surface area contributed by atoms with Crippen LogP contribution >= 0.6 is 0 Å². The quantitative estimate of drug-likeness (QED) is 0.126. The predicted molar refractivity (Wildman–Crippen MR) is 227 cm³/mol. The van der Waals surface area contributed by atoms with Crippen LogP contribution in [0.4, 0.5) is 0 Å². The van der Waals surface area contributed by atoms with Crippen molar-refractivity contribution in [3.8, 4) is 0 Å². The highest BCUT2D eigenvalue weighted by atomic mass is 28.5. The van der Waals surface area contributed by atoms with Crippen LogP contribution in [-0.2, 0) is 20.6 Å². The summed E-state index contributed by atoms with van der Waals surface area (Å²) in [4.78, 5) is 0. The lowest BCUT2D eigenvalue weighted by Crippen LogP contribution is -2.66. The predicted octanol–water partition coefficient (Wildman–Crippen LogP) is 6.25. The molecule has 4 aromatic rings. The van der Waals surface area contributed by atoms with Gasteiger partial charge in [0, 0.05) is 0 Å². The van der Waals surface area contributed by atoms with Crippen molar-refractivity contribution < 1.29 is 20.6 Å². The highest BCUT2D eigenvalue weighted by Crippen LogP contribution is 2.23. The van der Waals surface area contributed by atoms with E-state index in [0.717, 1.165) is 5.19 Å². The second kappa shape index (κ2) is 18.8. The summed E-state index contributed by atoms with van der Waals surface area (Å²) in [6.07, 6.45) is 0. The first-order valence-electron chi connectivity index (χ1n) is 17.1. The molecule has 0 fully saturated rings. The topological polar surface area (TPSA) is 46.2 Å². The molecule has 0 heterocycles. The van der Waals surface area contributed by atoms with Crippen molar-refractivity contribution in [1.29, 1.82) is 0 Å². The molecular weight excluding hydrogens is 721 g/mol. The van der Waals surface area contributed by atoms with Gasteiger partial charge in [-0.1, -0.05) is 133 Å². The molecule has 5 nitrogen and oxygen atoms in total. The molecule has 0 aliphatic heterocycles. The molecule has 4 aromatic carbocycles. The fourth-order valence-corrected chi connectivity index (χ4v) is 30.8. The molecule has 0 radical (unpaired) electrons. The van der Waals surface area contributed by atoms with Crippen molar-refractivity contribution in [3.05, 3.63) is 146 Å². The summed E-state index contributed by atoms with van der Waals surface area (Å²) in [6, 6.07) is 41.6. The minimum atomic E-state index is -2.82. The normalized spacial score (nSPS) is 17.0. The van der Waals surface area contributed by atoms with Crippen molar-refractivity contribution in [1.82, 2.24) is 0 Å². The Morgan fingerprint density at radius 2 is 0.776 bits per heavy atom. The van der Waals surface area contributed by atoms with Crippen molar-refractivity contribution in [2.45, 2.75) is 58.9 Å². The van der Waals surface area contributed by atoms with Crippen molar-refractivity contribution in [2.24, 2.45) is 0 Å². The molecule has 0 aromatic heterocycles. The zero-order valence-electron chi connectivity index (χ0n) is 30.9. The van der Waals surface area contributed by atoms with E-state index in [4.69, 9.17) is 20.6 Å². The molecule has 49 heavy (non-hydrogen) atoms. The number of hydrogen-bond donors (Lipinski definition) is 0. The molecule has 4 unspecified atom stereocenters. The summed E-state index contributed by atoms with van der Waals surface area (Å²) in [7, 11) is -13.8. The van der Waals surface area contributed by atoms with Crippen LogP contribution in [0.2, 0.25) is 58.9 Å². The molecule has 262 valence electrons. The molecule has 0 N–H and O–H groups in total. The Labute approximate surface area is 305 Å². The van der Waals surface area contributed by atoms with Crippen molar-refractivity contribution >= 4 is 81.9 Å². The molecule has 0 saturated heterocycles. The standard InChI is InChI=1S/C25H30O2Si3.C12H26O3Si4/c1-6-28(3,23-17-11-8-12-18-23)26-30(5,25-21-15-10-16-22-25)27-29(4,7-2)24-19-13-9-14-20-24;1-16(2)13-18(5)15-19(6,14-17(3)4)12-10-8-7-9-11-12/h6-22H,1-2H2,3-5H3;7-11,16-18H,1-6H3. The third-order valence-electron chi connectivity index (χ3n) is 8.20. The second-order valence-electron chi connectivity index (χ2n) is 13.2. The van der Waals surface area contributed by atoms with Crippen LogP contribution in [0, 0.1) is 0 Å². The molecule has 0 aliphatic rings. The van der Waals surface area contributed by atoms with Crippen LogP contribution in [0.15, 0.2) is 146 Å².